The van der Waals surface area contributed by atoms with Crippen molar-refractivity contribution in [2.75, 3.05) is 13.7 Å². The average Bonchev–Trinajstić information content (AvgIpc) is 3.07. The third kappa shape index (κ3) is 3.23. The molecule has 28 heavy (non-hydrogen) atoms. The summed E-state index contributed by atoms with van der Waals surface area (Å²) < 4.78 is 12.0. The van der Waals surface area contributed by atoms with Gasteiger partial charge in [0, 0.05) is 47.2 Å². The molecule has 4 nitrogen and oxygen atoms in total. The zero-order chi connectivity index (χ0) is 19.8. The van der Waals surface area contributed by atoms with Crippen molar-refractivity contribution < 1.29 is 13.9 Å². The maximum atomic E-state index is 12.9. The highest BCUT2D eigenvalue weighted by molar-refractivity contribution is 5.98. The molecule has 1 aromatic heterocycles. The van der Waals surface area contributed by atoms with Crippen LogP contribution in [0.2, 0.25) is 0 Å². The highest BCUT2D eigenvalue weighted by atomic mass is 16.5. The summed E-state index contributed by atoms with van der Waals surface area (Å²) in [4.78, 5) is 14.9. The SMILES string of the molecule is COc1c(/C(C)=C/C(=O)N2CCCCC2C)cc2c3c(oc2c1C)CCCC3. The molecule has 0 radical (unpaired) electrons. The Hall–Kier alpha value is -2.23. The summed E-state index contributed by atoms with van der Waals surface area (Å²) in [5.74, 6) is 2.05. The van der Waals surface area contributed by atoms with Gasteiger partial charge in [0.05, 0.1) is 7.11 Å². The lowest BCUT2D eigenvalue weighted by Crippen LogP contribution is -2.41. The fraction of sp³-hybridized carbons (Fsp3) is 0.542. The molecule has 150 valence electrons. The molecule has 1 unspecified atom stereocenters. The van der Waals surface area contributed by atoms with E-state index >= 15 is 0 Å². The van der Waals surface area contributed by atoms with Crippen LogP contribution in [0, 0.1) is 6.92 Å². The van der Waals surface area contributed by atoms with Crippen molar-refractivity contribution in [2.24, 2.45) is 0 Å². The number of methoxy groups -OCH3 is 1. The number of hydrogen-bond donors (Lipinski definition) is 0. The number of fused-ring (bicyclic) bond motifs is 3. The molecule has 0 N–H and O–H groups in total. The fourth-order valence-electron chi connectivity index (χ4n) is 4.86. The molecule has 1 fully saturated rings. The summed E-state index contributed by atoms with van der Waals surface area (Å²) in [7, 11) is 1.70. The molecule has 1 saturated heterocycles. The van der Waals surface area contributed by atoms with Crippen LogP contribution >= 0.6 is 0 Å². The first-order valence-electron chi connectivity index (χ1n) is 10.6. The molecule has 1 aliphatic heterocycles. The second-order valence-corrected chi connectivity index (χ2v) is 8.37. The number of carbonyl (C=O) groups excluding carboxylic acids is 1. The van der Waals surface area contributed by atoms with E-state index in [9.17, 15) is 4.79 Å². The summed E-state index contributed by atoms with van der Waals surface area (Å²) >= 11 is 0. The van der Waals surface area contributed by atoms with Gasteiger partial charge in [0.2, 0.25) is 5.91 Å². The van der Waals surface area contributed by atoms with Gasteiger partial charge in [-0.25, -0.2) is 0 Å². The number of rotatable bonds is 3. The van der Waals surface area contributed by atoms with E-state index in [2.05, 4.69) is 19.9 Å². The van der Waals surface area contributed by atoms with E-state index in [1.54, 1.807) is 13.2 Å². The Balaban J connectivity index is 1.77. The monoisotopic (exact) mass is 381 g/mol. The van der Waals surface area contributed by atoms with Crippen LogP contribution in [0.4, 0.5) is 0 Å². The van der Waals surface area contributed by atoms with Crippen LogP contribution in [0.25, 0.3) is 16.5 Å². The lowest BCUT2D eigenvalue weighted by Gasteiger charge is -2.32. The van der Waals surface area contributed by atoms with Crippen molar-refractivity contribution in [1.82, 2.24) is 4.90 Å². The molecule has 2 aromatic rings. The zero-order valence-corrected chi connectivity index (χ0v) is 17.6. The summed E-state index contributed by atoms with van der Waals surface area (Å²) in [5, 5.41) is 1.19. The van der Waals surface area contributed by atoms with Gasteiger partial charge in [-0.3, -0.25) is 4.79 Å². The molecule has 0 spiro atoms. The van der Waals surface area contributed by atoms with Gasteiger partial charge in [0.1, 0.15) is 17.1 Å². The van der Waals surface area contributed by atoms with Crippen LogP contribution in [0.15, 0.2) is 16.6 Å². The number of amides is 1. The number of benzene rings is 1. The average molecular weight is 382 g/mol. The minimum Gasteiger partial charge on any atom is -0.496 e. The van der Waals surface area contributed by atoms with Gasteiger partial charge in [0.15, 0.2) is 0 Å². The normalized spacial score (nSPS) is 20.4. The van der Waals surface area contributed by atoms with Gasteiger partial charge in [-0.2, -0.15) is 0 Å². The molecule has 1 aliphatic carbocycles. The topological polar surface area (TPSA) is 42.7 Å². The van der Waals surface area contributed by atoms with Gasteiger partial charge in [-0.15, -0.1) is 0 Å². The zero-order valence-electron chi connectivity index (χ0n) is 17.6. The van der Waals surface area contributed by atoms with Crippen LogP contribution < -0.4 is 4.74 Å². The van der Waals surface area contributed by atoms with Crippen LogP contribution in [-0.4, -0.2) is 30.5 Å². The van der Waals surface area contributed by atoms with E-state index in [0.717, 1.165) is 66.0 Å². The van der Waals surface area contributed by atoms with Crippen molar-refractivity contribution in [3.05, 3.63) is 34.6 Å². The highest BCUT2D eigenvalue weighted by Crippen LogP contribution is 2.41. The number of hydrogen-bond acceptors (Lipinski definition) is 3. The minimum atomic E-state index is 0.110. The number of ether oxygens (including phenoxy) is 1. The van der Waals surface area contributed by atoms with Crippen LogP contribution in [0.3, 0.4) is 0 Å². The largest absolute Gasteiger partial charge is 0.496 e. The number of furan rings is 1. The van der Waals surface area contributed by atoms with Gasteiger partial charge >= 0.3 is 0 Å². The smallest absolute Gasteiger partial charge is 0.247 e. The number of nitrogens with zero attached hydrogens (tertiary/aromatic N) is 1. The van der Waals surface area contributed by atoms with Crippen LogP contribution in [0.5, 0.6) is 5.75 Å². The quantitative estimate of drug-likeness (QED) is 0.666. The summed E-state index contributed by atoms with van der Waals surface area (Å²) in [6.07, 6.45) is 9.67. The number of carbonyl (C=O) groups is 1. The van der Waals surface area contributed by atoms with Crippen LogP contribution in [-0.2, 0) is 17.6 Å². The molecule has 2 aliphatic rings. The number of likely N-dealkylation sites (tertiary alicyclic amines) is 1. The Morgan fingerprint density at radius 1 is 1.25 bits per heavy atom. The number of aryl methyl sites for hydroxylation is 3. The van der Waals surface area contributed by atoms with Crippen molar-refractivity contribution in [2.45, 2.75) is 71.8 Å². The minimum absolute atomic E-state index is 0.110. The first-order chi connectivity index (χ1) is 13.5. The lowest BCUT2D eigenvalue weighted by atomic mass is 9.92. The van der Waals surface area contributed by atoms with E-state index in [0.29, 0.717) is 6.04 Å². The Bertz CT molecular complexity index is 937. The van der Waals surface area contributed by atoms with E-state index in [1.165, 1.54) is 30.2 Å². The predicted octanol–water partition coefficient (Wildman–Crippen LogP) is 5.43. The molecular formula is C24H31NO3. The summed E-state index contributed by atoms with van der Waals surface area (Å²) in [6.45, 7) is 7.08. The Labute approximate surface area is 167 Å². The van der Waals surface area contributed by atoms with Crippen molar-refractivity contribution in [3.63, 3.8) is 0 Å². The Morgan fingerprint density at radius 3 is 2.79 bits per heavy atom. The Kier molecular flexibility index (Phi) is 5.22. The van der Waals surface area contributed by atoms with E-state index in [-0.39, 0.29) is 5.91 Å². The molecular weight excluding hydrogens is 350 g/mol. The second-order valence-electron chi connectivity index (χ2n) is 8.37. The molecule has 0 saturated carbocycles. The second kappa shape index (κ2) is 7.65. The van der Waals surface area contributed by atoms with E-state index in [4.69, 9.17) is 9.15 Å². The molecule has 4 rings (SSSR count). The predicted molar refractivity (Wildman–Crippen MR) is 113 cm³/mol. The van der Waals surface area contributed by atoms with Gasteiger partial charge in [0.25, 0.3) is 0 Å². The van der Waals surface area contributed by atoms with E-state index < -0.39 is 0 Å². The summed E-state index contributed by atoms with van der Waals surface area (Å²) in [6, 6.07) is 2.49. The van der Waals surface area contributed by atoms with Gasteiger partial charge < -0.3 is 14.1 Å². The molecule has 2 heterocycles. The third-order valence-corrected chi connectivity index (χ3v) is 6.48. The molecule has 1 atom stereocenters. The number of piperidine rings is 1. The lowest BCUT2D eigenvalue weighted by molar-refractivity contribution is -0.129. The summed E-state index contributed by atoms with van der Waals surface area (Å²) in [5.41, 5.74) is 5.26. The molecule has 1 aromatic carbocycles. The molecule has 4 heteroatoms. The molecule has 1 amide bonds. The maximum Gasteiger partial charge on any atom is 0.247 e. The van der Waals surface area contributed by atoms with Crippen molar-refractivity contribution >= 4 is 22.4 Å². The first-order valence-corrected chi connectivity index (χ1v) is 10.6. The standard InChI is InChI=1S/C24H31NO3/c1-15(13-22(26)25-12-8-7-9-16(25)2)19-14-20-18-10-5-6-11-21(18)28-24(20)17(3)23(19)27-4/h13-14,16H,5-12H2,1-4H3/b15-13+. The molecule has 0 bridgehead atoms. The fourth-order valence-corrected chi connectivity index (χ4v) is 4.86. The Morgan fingerprint density at radius 2 is 2.04 bits per heavy atom. The maximum absolute atomic E-state index is 12.9. The van der Waals surface area contributed by atoms with Gasteiger partial charge in [-0.1, -0.05) is 0 Å². The third-order valence-electron chi connectivity index (χ3n) is 6.48. The van der Waals surface area contributed by atoms with E-state index in [1.807, 2.05) is 11.8 Å². The number of allylic oxidation sites excluding steroid dienone is 1. The highest BCUT2D eigenvalue weighted by Gasteiger charge is 2.25. The van der Waals surface area contributed by atoms with Crippen LogP contribution in [0.1, 0.15) is 68.4 Å². The van der Waals surface area contributed by atoms with Crippen molar-refractivity contribution in [3.8, 4) is 5.75 Å². The van der Waals surface area contributed by atoms with Crippen molar-refractivity contribution in [1.29, 1.82) is 0 Å². The van der Waals surface area contributed by atoms with Gasteiger partial charge in [-0.05, 0) is 70.9 Å². The first kappa shape index (κ1) is 19.1.